The van der Waals surface area contributed by atoms with Crippen molar-refractivity contribution >= 4 is 31.0 Å². The lowest BCUT2D eigenvalue weighted by molar-refractivity contribution is -0.384. The lowest BCUT2D eigenvalue weighted by atomic mass is 10.3. The van der Waals surface area contributed by atoms with E-state index in [4.69, 9.17) is 25.4 Å². The van der Waals surface area contributed by atoms with Crippen LogP contribution in [0.5, 0.6) is 11.5 Å². The first-order valence-corrected chi connectivity index (χ1v) is 10.5. The van der Waals surface area contributed by atoms with Gasteiger partial charge in [-0.3, -0.25) is 14.9 Å². The Bertz CT molecular complexity index is 903. The molecule has 2 atom stereocenters. The molecular formula is C18H20ClN2O7P. The molecule has 2 rings (SSSR count). The van der Waals surface area contributed by atoms with Crippen LogP contribution in [0.25, 0.3) is 0 Å². The summed E-state index contributed by atoms with van der Waals surface area (Å²) >= 11 is 5.84. The third-order valence-corrected chi connectivity index (χ3v) is 5.23. The molecule has 2 aromatic rings. The molecule has 0 heterocycles. The third kappa shape index (κ3) is 7.05. The largest absolute Gasteiger partial charge is 0.513 e. The minimum absolute atomic E-state index is 0.0461. The molecule has 156 valence electrons. The van der Waals surface area contributed by atoms with Crippen molar-refractivity contribution in [2.75, 3.05) is 0 Å². The Labute approximate surface area is 172 Å². The zero-order chi connectivity index (χ0) is 21.6. The summed E-state index contributed by atoms with van der Waals surface area (Å²) in [4.78, 5) is 22.3. The lowest BCUT2D eigenvalue weighted by Gasteiger charge is -2.23. The standard InChI is InChI=1S/C18H20ClN2O7P/c1-12(2)26-18(22)13(3)20-29(25,27-16-8-4-14(19)5-9-16)28-17-10-6-15(7-11-17)21(23)24/h4-13H,1-3H3,(H,20,25)/t13-,29?/m0/s1. The van der Waals surface area contributed by atoms with E-state index in [0.29, 0.717) is 5.02 Å². The zero-order valence-electron chi connectivity index (χ0n) is 15.9. The summed E-state index contributed by atoms with van der Waals surface area (Å²) in [6, 6.07) is 9.93. The van der Waals surface area contributed by atoms with Gasteiger partial charge in [0.1, 0.15) is 17.5 Å². The van der Waals surface area contributed by atoms with Crippen molar-refractivity contribution in [3.63, 3.8) is 0 Å². The second kappa shape index (κ2) is 9.73. The fraction of sp³-hybridized carbons (Fsp3) is 0.278. The monoisotopic (exact) mass is 442 g/mol. The number of rotatable bonds is 9. The first-order chi connectivity index (χ1) is 13.6. The van der Waals surface area contributed by atoms with Gasteiger partial charge in [-0.2, -0.15) is 5.09 Å². The van der Waals surface area contributed by atoms with Crippen LogP contribution in [0.1, 0.15) is 20.8 Å². The number of nitrogens with one attached hydrogen (secondary N) is 1. The molecule has 0 amide bonds. The predicted molar refractivity (Wildman–Crippen MR) is 107 cm³/mol. The molecule has 0 bridgehead atoms. The highest BCUT2D eigenvalue weighted by Crippen LogP contribution is 2.45. The SMILES string of the molecule is CC(C)OC(=O)[C@H](C)NP(=O)(Oc1ccc(Cl)cc1)Oc1ccc([N+](=O)[O-])cc1. The number of nitro groups is 1. The van der Waals surface area contributed by atoms with E-state index in [9.17, 15) is 19.5 Å². The molecule has 0 aliphatic heterocycles. The van der Waals surface area contributed by atoms with Gasteiger partial charge in [-0.15, -0.1) is 0 Å². The average molecular weight is 443 g/mol. The van der Waals surface area contributed by atoms with Gasteiger partial charge < -0.3 is 13.8 Å². The van der Waals surface area contributed by atoms with Crippen LogP contribution >= 0.6 is 19.3 Å². The number of halogens is 1. The second-order valence-corrected chi connectivity index (χ2v) is 8.28. The van der Waals surface area contributed by atoms with Gasteiger partial charge in [0.25, 0.3) is 5.69 Å². The molecular weight excluding hydrogens is 423 g/mol. The molecule has 11 heteroatoms. The van der Waals surface area contributed by atoms with Crippen molar-refractivity contribution in [2.45, 2.75) is 32.9 Å². The Kier molecular flexibility index (Phi) is 7.61. The molecule has 0 spiro atoms. The highest BCUT2D eigenvalue weighted by atomic mass is 35.5. The molecule has 29 heavy (non-hydrogen) atoms. The Morgan fingerprint density at radius 3 is 1.97 bits per heavy atom. The van der Waals surface area contributed by atoms with E-state index in [0.717, 1.165) is 0 Å². The summed E-state index contributed by atoms with van der Waals surface area (Å²) in [6.07, 6.45) is -0.362. The number of nitro benzene ring substituents is 1. The van der Waals surface area contributed by atoms with Crippen molar-refractivity contribution in [2.24, 2.45) is 0 Å². The van der Waals surface area contributed by atoms with E-state index in [1.165, 1.54) is 55.5 Å². The summed E-state index contributed by atoms with van der Waals surface area (Å²) in [6.45, 7) is 4.81. The van der Waals surface area contributed by atoms with E-state index < -0.39 is 24.7 Å². The van der Waals surface area contributed by atoms with Gasteiger partial charge in [-0.1, -0.05) is 11.6 Å². The third-order valence-electron chi connectivity index (χ3n) is 3.37. The van der Waals surface area contributed by atoms with E-state index in [1.54, 1.807) is 13.8 Å². The topological polar surface area (TPSA) is 117 Å². The Hall–Kier alpha value is -2.61. The smallest absolute Gasteiger partial charge is 0.462 e. The first-order valence-electron chi connectivity index (χ1n) is 8.55. The van der Waals surface area contributed by atoms with Crippen LogP contribution in [0.4, 0.5) is 5.69 Å². The van der Waals surface area contributed by atoms with Gasteiger partial charge in [0.2, 0.25) is 0 Å². The van der Waals surface area contributed by atoms with Gasteiger partial charge in [0.05, 0.1) is 11.0 Å². The van der Waals surface area contributed by atoms with Crippen LogP contribution in [0, 0.1) is 10.1 Å². The number of benzene rings is 2. The Balaban J connectivity index is 2.25. The highest BCUT2D eigenvalue weighted by molar-refractivity contribution is 7.52. The van der Waals surface area contributed by atoms with Crippen molar-refractivity contribution in [1.29, 1.82) is 0 Å². The summed E-state index contributed by atoms with van der Waals surface area (Å²) in [5.41, 5.74) is -0.160. The maximum atomic E-state index is 13.3. The van der Waals surface area contributed by atoms with E-state index in [1.807, 2.05) is 0 Å². The molecule has 2 aromatic carbocycles. The molecule has 0 saturated heterocycles. The van der Waals surface area contributed by atoms with Gasteiger partial charge in [-0.25, -0.2) is 4.57 Å². The number of hydrogen-bond donors (Lipinski definition) is 1. The van der Waals surface area contributed by atoms with Crippen LogP contribution in [0.3, 0.4) is 0 Å². The fourth-order valence-electron chi connectivity index (χ4n) is 2.10. The fourth-order valence-corrected chi connectivity index (χ4v) is 3.74. The van der Waals surface area contributed by atoms with Crippen LogP contribution in [-0.4, -0.2) is 23.0 Å². The molecule has 0 aromatic heterocycles. The molecule has 0 saturated carbocycles. The summed E-state index contributed by atoms with van der Waals surface area (Å²) in [7, 11) is -4.13. The molecule has 0 aliphatic carbocycles. The lowest BCUT2D eigenvalue weighted by Crippen LogP contribution is -2.36. The van der Waals surface area contributed by atoms with Crippen LogP contribution in [0.15, 0.2) is 48.5 Å². The predicted octanol–water partition coefficient (Wildman–Crippen LogP) is 4.74. The average Bonchev–Trinajstić information content (AvgIpc) is 2.63. The molecule has 1 unspecified atom stereocenters. The maximum absolute atomic E-state index is 13.3. The summed E-state index contributed by atoms with van der Waals surface area (Å²) in [5, 5.41) is 13.8. The van der Waals surface area contributed by atoms with Crippen LogP contribution in [-0.2, 0) is 14.1 Å². The quantitative estimate of drug-likeness (QED) is 0.256. The number of ether oxygens (including phenoxy) is 1. The minimum atomic E-state index is -4.13. The molecule has 0 fully saturated rings. The van der Waals surface area contributed by atoms with E-state index in [-0.39, 0.29) is 23.3 Å². The molecule has 0 radical (unpaired) electrons. The van der Waals surface area contributed by atoms with Crippen LogP contribution in [0.2, 0.25) is 5.02 Å². The Morgan fingerprint density at radius 1 is 1.03 bits per heavy atom. The second-order valence-electron chi connectivity index (χ2n) is 6.22. The van der Waals surface area contributed by atoms with Crippen molar-refractivity contribution in [1.82, 2.24) is 5.09 Å². The summed E-state index contributed by atoms with van der Waals surface area (Å²) < 4.78 is 29.4. The van der Waals surface area contributed by atoms with Crippen molar-refractivity contribution in [3.05, 3.63) is 63.7 Å². The van der Waals surface area contributed by atoms with Gasteiger partial charge >= 0.3 is 13.7 Å². The summed E-state index contributed by atoms with van der Waals surface area (Å²) in [5.74, 6) is -0.423. The molecule has 1 N–H and O–H groups in total. The number of carbonyl (C=O) groups is 1. The van der Waals surface area contributed by atoms with E-state index in [2.05, 4.69) is 5.09 Å². The zero-order valence-corrected chi connectivity index (χ0v) is 17.6. The van der Waals surface area contributed by atoms with E-state index >= 15 is 0 Å². The van der Waals surface area contributed by atoms with Crippen molar-refractivity contribution < 1.29 is 28.1 Å². The number of esters is 1. The number of non-ortho nitro benzene ring substituents is 1. The van der Waals surface area contributed by atoms with Gasteiger partial charge in [0, 0.05) is 17.2 Å². The highest BCUT2D eigenvalue weighted by Gasteiger charge is 2.34. The number of nitrogens with zero attached hydrogens (tertiary/aromatic N) is 1. The number of carbonyl (C=O) groups excluding carboxylic acids is 1. The normalized spacial score (nSPS) is 14.0. The molecule has 0 aliphatic rings. The first kappa shape index (κ1) is 22.7. The molecule has 9 nitrogen and oxygen atoms in total. The number of hydrogen-bond acceptors (Lipinski definition) is 7. The van der Waals surface area contributed by atoms with Crippen molar-refractivity contribution in [3.8, 4) is 11.5 Å². The van der Waals surface area contributed by atoms with Gasteiger partial charge in [-0.05, 0) is 57.2 Å². The minimum Gasteiger partial charge on any atom is -0.462 e. The van der Waals surface area contributed by atoms with Crippen LogP contribution < -0.4 is 14.1 Å². The maximum Gasteiger partial charge on any atom is 0.513 e. The van der Waals surface area contributed by atoms with Gasteiger partial charge in [0.15, 0.2) is 0 Å². The Morgan fingerprint density at radius 2 is 1.52 bits per heavy atom.